The summed E-state index contributed by atoms with van der Waals surface area (Å²) in [6.45, 7) is 3.87. The molecular weight excluding hydrogens is 495 g/mol. The number of benzene rings is 3. The van der Waals surface area contributed by atoms with Crippen LogP contribution in [0.5, 0.6) is 5.75 Å². The van der Waals surface area contributed by atoms with E-state index in [1.54, 1.807) is 13.2 Å². The standard InChI is InChI=1S/C31H33FN4O3/c1-38-28-12-11-20(17-21(28)19-35-13-15-36(16-14-35)27-10-6-4-8-24(27)32)29-30-23(18-26(34-29)31(37)39-2)22-7-3-5-9-25(22)33-30/h3-12,17,26,29,33-34H,13-16,18-19H2,1-2H3/t26-,29+/m1/s1. The predicted molar refractivity (Wildman–Crippen MR) is 150 cm³/mol. The Balaban J connectivity index is 1.27. The summed E-state index contributed by atoms with van der Waals surface area (Å²) in [4.78, 5) is 20.7. The number of H-pyrrole nitrogens is 1. The van der Waals surface area contributed by atoms with Gasteiger partial charge in [0.2, 0.25) is 0 Å². The zero-order chi connectivity index (χ0) is 26.9. The van der Waals surface area contributed by atoms with Crippen LogP contribution >= 0.6 is 0 Å². The van der Waals surface area contributed by atoms with Gasteiger partial charge >= 0.3 is 5.97 Å². The molecule has 0 radical (unpaired) electrons. The summed E-state index contributed by atoms with van der Waals surface area (Å²) in [7, 11) is 3.12. The number of halogens is 1. The number of anilines is 1. The zero-order valence-corrected chi connectivity index (χ0v) is 22.2. The minimum absolute atomic E-state index is 0.179. The Bertz CT molecular complexity index is 1490. The van der Waals surface area contributed by atoms with Crippen LogP contribution in [0.4, 0.5) is 10.1 Å². The third-order valence-electron chi connectivity index (χ3n) is 7.99. The van der Waals surface area contributed by atoms with Crippen molar-refractivity contribution in [3.8, 4) is 5.75 Å². The van der Waals surface area contributed by atoms with Crippen molar-refractivity contribution in [2.75, 3.05) is 45.3 Å². The highest BCUT2D eigenvalue weighted by atomic mass is 19.1. The van der Waals surface area contributed by atoms with Crippen molar-refractivity contribution < 1.29 is 18.7 Å². The first-order chi connectivity index (χ1) is 19.1. The first kappa shape index (κ1) is 25.4. The number of methoxy groups -OCH3 is 2. The highest BCUT2D eigenvalue weighted by Gasteiger charge is 2.35. The number of aromatic amines is 1. The molecule has 0 spiro atoms. The lowest BCUT2D eigenvalue weighted by Gasteiger charge is -2.36. The van der Waals surface area contributed by atoms with Crippen molar-refractivity contribution in [3.63, 3.8) is 0 Å². The molecule has 3 aromatic carbocycles. The third kappa shape index (κ3) is 4.86. The van der Waals surface area contributed by atoms with Crippen LogP contribution in [0.3, 0.4) is 0 Å². The van der Waals surface area contributed by atoms with Gasteiger partial charge in [0, 0.05) is 61.3 Å². The number of para-hydroxylation sites is 2. The summed E-state index contributed by atoms with van der Waals surface area (Å²) in [6, 6.07) is 20.8. The number of nitrogens with zero attached hydrogens (tertiary/aromatic N) is 2. The van der Waals surface area contributed by atoms with E-state index in [0.29, 0.717) is 12.1 Å². The number of aromatic nitrogens is 1. The van der Waals surface area contributed by atoms with Crippen molar-refractivity contribution in [2.24, 2.45) is 0 Å². The minimum Gasteiger partial charge on any atom is -0.496 e. The average molecular weight is 529 g/mol. The highest BCUT2D eigenvalue weighted by molar-refractivity contribution is 5.87. The summed E-state index contributed by atoms with van der Waals surface area (Å²) in [6.07, 6.45) is 0.567. The molecule has 3 heterocycles. The SMILES string of the molecule is COC(=O)[C@H]1Cc2c([nH]c3ccccc23)[C@H](c2ccc(OC)c(CN3CCN(c4ccccc4F)CC3)c2)N1. The number of ether oxygens (including phenoxy) is 2. The Morgan fingerprint density at radius 1 is 1.00 bits per heavy atom. The second-order valence-electron chi connectivity index (χ2n) is 10.2. The molecule has 0 bridgehead atoms. The van der Waals surface area contributed by atoms with Crippen LogP contribution in [-0.4, -0.2) is 62.3 Å². The molecule has 0 saturated carbocycles. The molecule has 2 aliphatic rings. The molecule has 202 valence electrons. The number of esters is 1. The smallest absolute Gasteiger partial charge is 0.323 e. The van der Waals surface area contributed by atoms with E-state index in [0.717, 1.165) is 71.8 Å². The summed E-state index contributed by atoms with van der Waals surface area (Å²) in [5, 5.41) is 4.67. The maximum absolute atomic E-state index is 14.3. The van der Waals surface area contributed by atoms with Crippen molar-refractivity contribution in [3.05, 3.63) is 94.9 Å². The van der Waals surface area contributed by atoms with Crippen molar-refractivity contribution >= 4 is 22.6 Å². The number of fused-ring (bicyclic) bond motifs is 3. The van der Waals surface area contributed by atoms with Gasteiger partial charge in [-0.2, -0.15) is 0 Å². The molecule has 0 unspecified atom stereocenters. The van der Waals surface area contributed by atoms with E-state index in [-0.39, 0.29) is 17.8 Å². The van der Waals surface area contributed by atoms with Crippen molar-refractivity contribution in [1.82, 2.24) is 15.2 Å². The number of nitrogens with one attached hydrogen (secondary N) is 2. The van der Waals surface area contributed by atoms with Crippen LogP contribution in [0.15, 0.2) is 66.7 Å². The lowest BCUT2D eigenvalue weighted by molar-refractivity contribution is -0.143. The van der Waals surface area contributed by atoms with Crippen LogP contribution in [-0.2, 0) is 22.5 Å². The maximum Gasteiger partial charge on any atom is 0.323 e. The Morgan fingerprint density at radius 2 is 1.77 bits per heavy atom. The largest absolute Gasteiger partial charge is 0.496 e. The Kier molecular flexibility index (Phi) is 6.97. The van der Waals surface area contributed by atoms with E-state index in [9.17, 15) is 9.18 Å². The Labute approximate surface area is 227 Å². The molecule has 4 aromatic rings. The molecule has 2 atom stereocenters. The van der Waals surface area contributed by atoms with Gasteiger partial charge in [-0.25, -0.2) is 4.39 Å². The van der Waals surface area contributed by atoms with E-state index in [1.807, 2.05) is 30.3 Å². The minimum atomic E-state index is -0.441. The van der Waals surface area contributed by atoms with Gasteiger partial charge in [-0.15, -0.1) is 0 Å². The third-order valence-corrected chi connectivity index (χ3v) is 7.99. The number of carbonyl (C=O) groups is 1. The summed E-state index contributed by atoms with van der Waals surface area (Å²) >= 11 is 0. The first-order valence-electron chi connectivity index (χ1n) is 13.4. The summed E-state index contributed by atoms with van der Waals surface area (Å²) < 4.78 is 25.2. The van der Waals surface area contributed by atoms with Gasteiger partial charge in [-0.05, 0) is 41.5 Å². The Hall–Kier alpha value is -3.88. The lowest BCUT2D eigenvalue weighted by atomic mass is 9.89. The van der Waals surface area contributed by atoms with E-state index in [1.165, 1.54) is 13.2 Å². The van der Waals surface area contributed by atoms with E-state index < -0.39 is 6.04 Å². The normalized spacial score (nSPS) is 19.6. The van der Waals surface area contributed by atoms with E-state index >= 15 is 0 Å². The summed E-state index contributed by atoms with van der Waals surface area (Å²) in [5.41, 5.74) is 6.07. The van der Waals surface area contributed by atoms with Gasteiger partial charge in [-0.1, -0.05) is 36.4 Å². The average Bonchev–Trinajstić information content (AvgIpc) is 3.36. The Morgan fingerprint density at radius 3 is 2.54 bits per heavy atom. The van der Waals surface area contributed by atoms with Gasteiger partial charge in [0.15, 0.2) is 0 Å². The van der Waals surface area contributed by atoms with Gasteiger partial charge in [0.05, 0.1) is 25.9 Å². The molecule has 1 aromatic heterocycles. The molecule has 8 heteroatoms. The molecular formula is C31H33FN4O3. The van der Waals surface area contributed by atoms with Crippen LogP contribution in [0, 0.1) is 5.82 Å². The fourth-order valence-corrected chi connectivity index (χ4v) is 5.99. The molecule has 1 fully saturated rings. The van der Waals surface area contributed by atoms with Crippen LogP contribution < -0.4 is 15.0 Å². The number of piperazine rings is 1. The topological polar surface area (TPSA) is 69.8 Å². The molecule has 0 aliphatic carbocycles. The molecule has 0 amide bonds. The zero-order valence-electron chi connectivity index (χ0n) is 22.2. The number of rotatable bonds is 6. The monoisotopic (exact) mass is 528 g/mol. The first-order valence-corrected chi connectivity index (χ1v) is 13.4. The second-order valence-corrected chi connectivity index (χ2v) is 10.2. The van der Waals surface area contributed by atoms with Crippen LogP contribution in [0.25, 0.3) is 10.9 Å². The quantitative estimate of drug-likeness (QED) is 0.361. The van der Waals surface area contributed by atoms with Gasteiger partial charge in [0.25, 0.3) is 0 Å². The van der Waals surface area contributed by atoms with E-state index in [2.05, 4.69) is 44.4 Å². The fourth-order valence-electron chi connectivity index (χ4n) is 5.99. The number of hydrogen-bond donors (Lipinski definition) is 2. The molecule has 7 nitrogen and oxygen atoms in total. The fraction of sp³-hybridized carbons (Fsp3) is 0.323. The number of hydrogen-bond acceptors (Lipinski definition) is 6. The second kappa shape index (κ2) is 10.7. The number of carbonyl (C=O) groups excluding carboxylic acids is 1. The highest BCUT2D eigenvalue weighted by Crippen LogP contribution is 2.37. The maximum atomic E-state index is 14.3. The molecule has 2 N–H and O–H groups in total. The van der Waals surface area contributed by atoms with Gasteiger partial charge in [-0.3, -0.25) is 15.0 Å². The molecule has 39 heavy (non-hydrogen) atoms. The van der Waals surface area contributed by atoms with Crippen molar-refractivity contribution in [2.45, 2.75) is 25.0 Å². The summed E-state index contributed by atoms with van der Waals surface area (Å²) in [5.74, 6) is 0.381. The van der Waals surface area contributed by atoms with Crippen LogP contribution in [0.2, 0.25) is 0 Å². The lowest BCUT2D eigenvalue weighted by Crippen LogP contribution is -2.46. The molecule has 1 saturated heterocycles. The predicted octanol–water partition coefficient (Wildman–Crippen LogP) is 4.41. The van der Waals surface area contributed by atoms with Gasteiger partial charge < -0.3 is 19.4 Å². The van der Waals surface area contributed by atoms with Crippen molar-refractivity contribution in [1.29, 1.82) is 0 Å². The van der Waals surface area contributed by atoms with E-state index in [4.69, 9.17) is 9.47 Å². The van der Waals surface area contributed by atoms with Gasteiger partial charge in [0.1, 0.15) is 17.6 Å². The van der Waals surface area contributed by atoms with Crippen LogP contribution in [0.1, 0.15) is 28.4 Å². The molecule has 6 rings (SSSR count). The molecule has 2 aliphatic heterocycles.